The number of hydrogen-bond donors (Lipinski definition) is 1. The molecule has 0 aliphatic carbocycles. The monoisotopic (exact) mass is 250 g/mol. The normalized spacial score (nSPS) is 10.6. The third-order valence-corrected chi connectivity index (χ3v) is 2.49. The van der Waals surface area contributed by atoms with Gasteiger partial charge in [0.15, 0.2) is 11.5 Å². The largest absolute Gasteiger partial charge is 0.461 e. The van der Waals surface area contributed by atoms with Gasteiger partial charge >= 0.3 is 0 Å². The van der Waals surface area contributed by atoms with Gasteiger partial charge in [0.05, 0.1) is 6.26 Å². The maximum absolute atomic E-state index is 11.9. The van der Waals surface area contributed by atoms with E-state index in [1.54, 1.807) is 19.2 Å². The summed E-state index contributed by atoms with van der Waals surface area (Å²) >= 11 is 0. The predicted molar refractivity (Wildman–Crippen MR) is 62.9 cm³/mol. The van der Waals surface area contributed by atoms with Crippen molar-refractivity contribution >= 4 is 5.91 Å². The molecule has 2 aromatic heterocycles. The lowest BCUT2D eigenvalue weighted by Crippen LogP contribution is -2.28. The van der Waals surface area contributed by atoms with Gasteiger partial charge in [-0.1, -0.05) is 5.16 Å². The van der Waals surface area contributed by atoms with Gasteiger partial charge in [0.2, 0.25) is 5.76 Å². The molecule has 2 heterocycles. The Kier molecular flexibility index (Phi) is 3.78. The summed E-state index contributed by atoms with van der Waals surface area (Å²) in [5.74, 6) is 0.698. The molecular weight excluding hydrogens is 236 g/mol. The van der Waals surface area contributed by atoms with Gasteiger partial charge in [0.25, 0.3) is 5.91 Å². The molecule has 2 rings (SSSR count). The van der Waals surface area contributed by atoms with Gasteiger partial charge in [-0.05, 0) is 18.6 Å². The zero-order valence-electron chi connectivity index (χ0n) is 10.00. The number of furan rings is 1. The fourth-order valence-electron chi connectivity index (χ4n) is 1.52. The molecule has 0 unspecified atom stereocenters. The van der Waals surface area contributed by atoms with Crippen LogP contribution < -0.4 is 0 Å². The van der Waals surface area contributed by atoms with Gasteiger partial charge in [-0.3, -0.25) is 4.79 Å². The summed E-state index contributed by atoms with van der Waals surface area (Å²) < 4.78 is 10.2. The summed E-state index contributed by atoms with van der Waals surface area (Å²) in [6.45, 7) is 0.520. The SMILES string of the molecule is CN(CCCO)C(=O)c1cc(-c2ccco2)on1. The van der Waals surface area contributed by atoms with Crippen molar-refractivity contribution in [1.29, 1.82) is 0 Å². The first-order valence-electron chi connectivity index (χ1n) is 5.59. The number of rotatable bonds is 5. The van der Waals surface area contributed by atoms with E-state index in [-0.39, 0.29) is 18.2 Å². The highest BCUT2D eigenvalue weighted by molar-refractivity contribution is 5.92. The Morgan fingerprint density at radius 1 is 1.50 bits per heavy atom. The zero-order valence-corrected chi connectivity index (χ0v) is 10.00. The molecule has 0 aromatic carbocycles. The van der Waals surface area contributed by atoms with Gasteiger partial charge < -0.3 is 18.9 Å². The molecule has 1 N–H and O–H groups in total. The molecule has 0 aliphatic heterocycles. The summed E-state index contributed by atoms with van der Waals surface area (Å²) in [5.41, 5.74) is 0.224. The molecule has 0 bridgehead atoms. The highest BCUT2D eigenvalue weighted by Gasteiger charge is 2.18. The second kappa shape index (κ2) is 5.50. The van der Waals surface area contributed by atoms with Crippen molar-refractivity contribution in [3.8, 4) is 11.5 Å². The van der Waals surface area contributed by atoms with E-state index >= 15 is 0 Å². The van der Waals surface area contributed by atoms with Gasteiger partial charge in [0, 0.05) is 26.3 Å². The van der Waals surface area contributed by atoms with Crippen molar-refractivity contribution in [3.63, 3.8) is 0 Å². The molecule has 18 heavy (non-hydrogen) atoms. The van der Waals surface area contributed by atoms with E-state index in [1.807, 2.05) is 0 Å². The quantitative estimate of drug-likeness (QED) is 0.867. The van der Waals surface area contributed by atoms with Crippen LogP contribution in [0.1, 0.15) is 16.9 Å². The first-order valence-corrected chi connectivity index (χ1v) is 5.59. The maximum Gasteiger partial charge on any atom is 0.275 e. The van der Waals surface area contributed by atoms with E-state index in [1.165, 1.54) is 17.2 Å². The minimum atomic E-state index is -0.245. The molecule has 0 fully saturated rings. The molecule has 0 saturated heterocycles. The molecule has 2 aromatic rings. The van der Waals surface area contributed by atoms with Crippen molar-refractivity contribution in [2.24, 2.45) is 0 Å². The minimum absolute atomic E-state index is 0.0497. The first-order chi connectivity index (χ1) is 8.72. The van der Waals surface area contributed by atoms with Crippen LogP contribution in [0.2, 0.25) is 0 Å². The number of carbonyl (C=O) groups excluding carboxylic acids is 1. The van der Waals surface area contributed by atoms with Crippen molar-refractivity contribution in [2.75, 3.05) is 20.2 Å². The first kappa shape index (κ1) is 12.4. The molecule has 0 saturated carbocycles. The molecule has 0 atom stereocenters. The second-order valence-corrected chi connectivity index (χ2v) is 3.86. The molecule has 0 aliphatic rings. The van der Waals surface area contributed by atoms with Crippen molar-refractivity contribution in [2.45, 2.75) is 6.42 Å². The lowest BCUT2D eigenvalue weighted by atomic mass is 10.3. The van der Waals surface area contributed by atoms with Crippen molar-refractivity contribution in [1.82, 2.24) is 10.1 Å². The fraction of sp³-hybridized carbons (Fsp3) is 0.333. The van der Waals surface area contributed by atoms with Crippen molar-refractivity contribution < 1.29 is 18.8 Å². The van der Waals surface area contributed by atoms with Crippen molar-refractivity contribution in [3.05, 3.63) is 30.2 Å². The van der Waals surface area contributed by atoms with E-state index in [0.29, 0.717) is 24.5 Å². The van der Waals surface area contributed by atoms with E-state index in [0.717, 1.165) is 0 Å². The molecule has 1 amide bonds. The van der Waals surface area contributed by atoms with E-state index in [2.05, 4.69) is 5.16 Å². The highest BCUT2D eigenvalue weighted by atomic mass is 16.5. The number of aliphatic hydroxyl groups excluding tert-OH is 1. The number of hydrogen-bond acceptors (Lipinski definition) is 5. The average molecular weight is 250 g/mol. The molecular formula is C12H14N2O4. The van der Waals surface area contributed by atoms with Crippen LogP contribution in [-0.4, -0.2) is 41.3 Å². The Morgan fingerprint density at radius 3 is 3.00 bits per heavy atom. The Morgan fingerprint density at radius 2 is 2.33 bits per heavy atom. The number of nitrogens with zero attached hydrogens (tertiary/aromatic N) is 2. The van der Waals surface area contributed by atoms with E-state index in [4.69, 9.17) is 14.0 Å². The van der Waals surface area contributed by atoms with Crippen LogP contribution in [0.15, 0.2) is 33.4 Å². The van der Waals surface area contributed by atoms with Gasteiger partial charge in [-0.15, -0.1) is 0 Å². The molecule has 0 radical (unpaired) electrons. The van der Waals surface area contributed by atoms with Gasteiger partial charge in [-0.25, -0.2) is 0 Å². The highest BCUT2D eigenvalue weighted by Crippen LogP contribution is 2.20. The Hall–Kier alpha value is -2.08. The van der Waals surface area contributed by atoms with E-state index in [9.17, 15) is 4.79 Å². The summed E-state index contributed by atoms with van der Waals surface area (Å²) in [6, 6.07) is 4.99. The van der Waals surface area contributed by atoms with Crippen LogP contribution in [0.25, 0.3) is 11.5 Å². The lowest BCUT2D eigenvalue weighted by Gasteiger charge is -2.14. The summed E-state index contributed by atoms with van der Waals surface area (Å²) in [6.07, 6.45) is 2.05. The van der Waals surface area contributed by atoms with Crippen LogP contribution in [-0.2, 0) is 0 Å². The number of aliphatic hydroxyl groups is 1. The lowest BCUT2D eigenvalue weighted by molar-refractivity contribution is 0.0776. The summed E-state index contributed by atoms with van der Waals surface area (Å²) in [4.78, 5) is 13.4. The molecule has 0 spiro atoms. The average Bonchev–Trinajstić information content (AvgIpc) is 3.04. The summed E-state index contributed by atoms with van der Waals surface area (Å²) in [7, 11) is 1.65. The second-order valence-electron chi connectivity index (χ2n) is 3.86. The number of amides is 1. The maximum atomic E-state index is 11.9. The smallest absolute Gasteiger partial charge is 0.275 e. The van der Waals surface area contributed by atoms with Gasteiger partial charge in [-0.2, -0.15) is 0 Å². The van der Waals surface area contributed by atoms with Crippen LogP contribution in [0, 0.1) is 0 Å². The van der Waals surface area contributed by atoms with Crippen LogP contribution in [0.3, 0.4) is 0 Å². The Balaban J connectivity index is 2.08. The third kappa shape index (κ3) is 2.60. The standard InChI is InChI=1S/C12H14N2O4/c1-14(5-3-6-15)12(16)9-8-11(18-13-9)10-4-2-7-17-10/h2,4,7-8,15H,3,5-6H2,1H3. The fourth-order valence-corrected chi connectivity index (χ4v) is 1.52. The minimum Gasteiger partial charge on any atom is -0.461 e. The third-order valence-electron chi connectivity index (χ3n) is 2.49. The van der Waals surface area contributed by atoms with E-state index < -0.39 is 0 Å². The predicted octanol–water partition coefficient (Wildman–Crippen LogP) is 1.39. The van der Waals surface area contributed by atoms with Gasteiger partial charge in [0.1, 0.15) is 0 Å². The number of aromatic nitrogens is 1. The number of carbonyl (C=O) groups is 1. The summed E-state index contributed by atoms with van der Waals surface area (Å²) in [5, 5.41) is 12.4. The van der Waals surface area contributed by atoms with Crippen LogP contribution in [0.4, 0.5) is 0 Å². The molecule has 6 nitrogen and oxygen atoms in total. The zero-order chi connectivity index (χ0) is 13.0. The van der Waals surface area contributed by atoms with Crippen LogP contribution >= 0.6 is 0 Å². The molecule has 6 heteroatoms. The van der Waals surface area contributed by atoms with Crippen LogP contribution in [0.5, 0.6) is 0 Å². The topological polar surface area (TPSA) is 79.7 Å². The molecule has 96 valence electrons. The Bertz CT molecular complexity index is 504. The Labute approximate surface area is 104 Å².